The van der Waals surface area contributed by atoms with Gasteiger partial charge in [0.05, 0.1) is 0 Å². The van der Waals surface area contributed by atoms with E-state index in [1.165, 1.54) is 0 Å². The van der Waals surface area contributed by atoms with Crippen molar-refractivity contribution in [2.24, 2.45) is 5.25 Å². The smallest absolute Gasteiger partial charge is 0.439 e. The molecule has 3 N–H and O–H groups in total. The molecule has 0 heterocycles. The Morgan fingerprint density at radius 3 is 1.08 bits per heavy atom. The van der Waals surface area contributed by atoms with Crippen LogP contribution in [0.15, 0.2) is 36.4 Å². The molecule has 0 radical (unpaired) electrons. The third kappa shape index (κ3) is 32.8. The molecule has 0 amide bonds. The number of benzene rings is 1. The van der Waals surface area contributed by atoms with Crippen molar-refractivity contribution in [2.75, 3.05) is 0 Å². The van der Waals surface area contributed by atoms with Gasteiger partial charge in [-0.05, 0) is 11.8 Å². The van der Waals surface area contributed by atoms with Gasteiger partial charge in [0, 0.05) is 11.0 Å². The zero-order valence-corrected chi connectivity index (χ0v) is 10.7. The van der Waals surface area contributed by atoms with Crippen LogP contribution in [0.4, 0.5) is 0 Å². The Morgan fingerprint density at radius 2 is 1.00 bits per heavy atom. The van der Waals surface area contributed by atoms with E-state index in [1.807, 2.05) is 36.4 Å². The van der Waals surface area contributed by atoms with E-state index in [1.54, 1.807) is 0 Å². The van der Waals surface area contributed by atoms with Gasteiger partial charge in [-0.3, -0.25) is 0 Å². The summed E-state index contributed by atoms with van der Waals surface area (Å²) in [7, 11) is -2.86. The van der Waals surface area contributed by atoms with Crippen LogP contribution in [0.25, 0.3) is 0 Å². The fourth-order valence-corrected chi connectivity index (χ4v) is 0.385. The standard InChI is InChI=1S/C6H6.ClH2N.Na.HO3S/c1-2-4-6-5-3-1;1-2;;1-4(2)3/h1-6H;2H2;;(H,1,2,3)/q;;+1;-1. The van der Waals surface area contributed by atoms with Gasteiger partial charge in [-0.25, -0.2) is 5.25 Å². The van der Waals surface area contributed by atoms with Crippen molar-refractivity contribution in [3.63, 3.8) is 0 Å². The molecule has 0 saturated heterocycles. The maximum absolute atomic E-state index is 8.56. The summed E-state index contributed by atoms with van der Waals surface area (Å²) in [4.78, 5) is 0. The normalized spacial score (nSPS) is 6.77. The molecule has 0 aliphatic rings. The summed E-state index contributed by atoms with van der Waals surface area (Å²) in [5.41, 5.74) is 0. The van der Waals surface area contributed by atoms with Crippen molar-refractivity contribution in [1.82, 2.24) is 0 Å². The Hall–Kier alpha value is 0.380. The monoisotopic (exact) mass is 233 g/mol. The summed E-state index contributed by atoms with van der Waals surface area (Å²) in [6.07, 6.45) is 0. The first-order valence-electron chi connectivity index (χ1n) is 2.73. The van der Waals surface area contributed by atoms with E-state index in [4.69, 9.17) is 13.0 Å². The number of halogens is 1. The molecule has 0 spiro atoms. The number of rotatable bonds is 0. The molecular weight excluding hydrogens is 225 g/mol. The number of hydrogen-bond acceptors (Lipinski definition) is 4. The van der Waals surface area contributed by atoms with E-state index in [9.17, 15) is 0 Å². The first-order chi connectivity index (χ1) is 5.73. The van der Waals surface area contributed by atoms with Gasteiger partial charge < -0.3 is 13.0 Å². The molecule has 0 saturated carbocycles. The molecule has 0 aliphatic carbocycles. The van der Waals surface area contributed by atoms with Crippen LogP contribution in [-0.4, -0.2) is 4.55 Å². The maximum atomic E-state index is 8.56. The number of nitrogens with two attached hydrogens (primary N) is 1. The first kappa shape index (κ1) is 19.0. The molecule has 13 heavy (non-hydrogen) atoms. The molecule has 1 rings (SSSR count). The Labute approximate surface area is 106 Å². The molecule has 4 nitrogen and oxygen atoms in total. The van der Waals surface area contributed by atoms with Gasteiger partial charge in [0.15, 0.2) is 0 Å². The van der Waals surface area contributed by atoms with Crippen molar-refractivity contribution < 1.29 is 42.5 Å². The first-order valence-corrected chi connectivity index (χ1v) is 4.20. The van der Waals surface area contributed by atoms with E-state index in [0.29, 0.717) is 0 Å². The summed E-state index contributed by atoms with van der Waals surface area (Å²) < 4.78 is 24.1. The fourth-order valence-electron chi connectivity index (χ4n) is 0.385. The van der Waals surface area contributed by atoms with Gasteiger partial charge >= 0.3 is 29.6 Å². The minimum absolute atomic E-state index is 0. The van der Waals surface area contributed by atoms with Gasteiger partial charge in [0.2, 0.25) is 0 Å². The average molecular weight is 234 g/mol. The second-order valence-corrected chi connectivity index (χ2v) is 1.81. The van der Waals surface area contributed by atoms with Gasteiger partial charge in [-0.2, -0.15) is 0 Å². The van der Waals surface area contributed by atoms with Crippen LogP contribution in [0.3, 0.4) is 0 Å². The summed E-state index contributed by atoms with van der Waals surface area (Å²) in [6, 6.07) is 12.0. The Balaban J connectivity index is -0.000000128. The van der Waals surface area contributed by atoms with Crippen LogP contribution in [0, 0.1) is 0 Å². The number of hydrogen-bond donors (Lipinski definition) is 2. The van der Waals surface area contributed by atoms with E-state index < -0.39 is 11.0 Å². The van der Waals surface area contributed by atoms with Crippen LogP contribution in [0.5, 0.6) is 0 Å². The predicted octanol–water partition coefficient (Wildman–Crippen LogP) is -1.44. The Kier molecular flexibility index (Phi) is 26.7. The minimum Gasteiger partial charge on any atom is -0.439 e. The van der Waals surface area contributed by atoms with E-state index in [-0.39, 0.29) is 29.6 Å². The predicted molar refractivity (Wildman–Crippen MR) is 47.8 cm³/mol. The average Bonchev–Trinajstić information content (AvgIpc) is 2.10. The van der Waals surface area contributed by atoms with Crippen molar-refractivity contribution in [3.8, 4) is 0 Å². The van der Waals surface area contributed by atoms with Crippen molar-refractivity contribution in [3.05, 3.63) is 36.4 Å². The van der Waals surface area contributed by atoms with E-state index in [2.05, 4.69) is 17.0 Å². The topological polar surface area (TPSA) is 80.4 Å². The van der Waals surface area contributed by atoms with Crippen molar-refractivity contribution in [1.29, 1.82) is 0 Å². The summed E-state index contributed by atoms with van der Waals surface area (Å²) in [6.45, 7) is 0. The van der Waals surface area contributed by atoms with Crippen molar-refractivity contribution in [2.45, 2.75) is 0 Å². The molecule has 70 valence electrons. The van der Waals surface area contributed by atoms with Crippen LogP contribution >= 0.6 is 11.8 Å². The van der Waals surface area contributed by atoms with Crippen molar-refractivity contribution >= 4 is 22.8 Å². The minimum atomic E-state index is -2.86. The molecule has 0 aromatic heterocycles. The zero-order chi connectivity index (χ0) is 9.82. The third-order valence-electron chi connectivity index (χ3n) is 0.667. The van der Waals surface area contributed by atoms with Gasteiger partial charge in [-0.1, -0.05) is 36.4 Å². The second kappa shape index (κ2) is 18.2. The molecule has 0 bridgehead atoms. The van der Waals surface area contributed by atoms with Gasteiger partial charge in [-0.15, -0.1) is 0 Å². The molecule has 7 heteroatoms. The molecule has 1 aromatic carbocycles. The largest absolute Gasteiger partial charge is 1.00 e. The van der Waals surface area contributed by atoms with Gasteiger partial charge in [0.25, 0.3) is 0 Å². The second-order valence-electron chi connectivity index (χ2n) is 1.37. The molecule has 0 unspecified atom stereocenters. The molecule has 0 aliphatic heterocycles. The zero-order valence-electron chi connectivity index (χ0n) is 7.09. The summed E-state index contributed by atoms with van der Waals surface area (Å²) >= 11 is 4.14. The molecule has 1 aromatic rings. The van der Waals surface area contributed by atoms with Crippen LogP contribution in [0.2, 0.25) is 0 Å². The molecular formula is C6H9ClNNaO3S. The van der Waals surface area contributed by atoms with E-state index in [0.717, 1.165) is 0 Å². The fraction of sp³-hybridized carbons (Fsp3) is 0. The van der Waals surface area contributed by atoms with Crippen LogP contribution in [0.1, 0.15) is 0 Å². The maximum Gasteiger partial charge on any atom is 1.00 e. The Morgan fingerprint density at radius 1 is 0.923 bits per heavy atom. The van der Waals surface area contributed by atoms with Crippen LogP contribution in [-0.2, 0) is 19.4 Å². The molecule has 0 atom stereocenters. The van der Waals surface area contributed by atoms with Crippen LogP contribution < -0.4 is 34.8 Å². The van der Waals surface area contributed by atoms with E-state index >= 15 is 0 Å². The SMILES string of the molecule is NCl.O=[S-](=O)O.[Na+].c1ccccc1. The Bertz CT molecular complexity index is 198. The molecule has 0 fully saturated rings. The third-order valence-corrected chi connectivity index (χ3v) is 0.667. The quantitative estimate of drug-likeness (QED) is 0.189. The van der Waals surface area contributed by atoms with Gasteiger partial charge in [0.1, 0.15) is 0 Å². The summed E-state index contributed by atoms with van der Waals surface area (Å²) in [5, 5.41) is 3.97. The summed E-state index contributed by atoms with van der Waals surface area (Å²) in [5.74, 6) is 0.